The quantitative estimate of drug-likeness (QED) is 0.509. The van der Waals surface area contributed by atoms with Gasteiger partial charge in [0.15, 0.2) is 0 Å². The lowest BCUT2D eigenvalue weighted by Crippen LogP contribution is -2.38. The summed E-state index contributed by atoms with van der Waals surface area (Å²) in [4.78, 5) is 12.8. The Balaban J connectivity index is 1.94. The number of nitrogens with zero attached hydrogens (tertiary/aromatic N) is 1. The molecule has 0 atom stereocenters. The summed E-state index contributed by atoms with van der Waals surface area (Å²) in [6.45, 7) is 4.73. The molecular weight excluding hydrogens is 451 g/mol. The van der Waals surface area contributed by atoms with Gasteiger partial charge >= 0.3 is 0 Å². The number of carbonyl (C=O) groups is 1. The summed E-state index contributed by atoms with van der Waals surface area (Å²) >= 11 is 6.13. The third kappa shape index (κ3) is 5.54. The Hall–Kier alpha value is -2.74. The number of hydrogen-bond acceptors (Lipinski definition) is 3. The molecule has 8 heteroatoms. The van der Waals surface area contributed by atoms with E-state index >= 15 is 0 Å². The number of rotatable bonds is 7. The molecule has 3 aromatic carbocycles. The summed E-state index contributed by atoms with van der Waals surface area (Å²) in [6, 6.07) is 15.9. The lowest BCUT2D eigenvalue weighted by Gasteiger charge is -2.23. The normalized spacial score (nSPS) is 11.6. The summed E-state index contributed by atoms with van der Waals surface area (Å²) in [5, 5.41) is 2.83. The van der Waals surface area contributed by atoms with Crippen molar-refractivity contribution in [1.29, 1.82) is 0 Å². The first-order valence-electron chi connectivity index (χ1n) is 9.95. The summed E-state index contributed by atoms with van der Waals surface area (Å²) in [7, 11) is -4.11. The van der Waals surface area contributed by atoms with Crippen LogP contribution in [-0.2, 0) is 21.4 Å². The van der Waals surface area contributed by atoms with E-state index in [-0.39, 0.29) is 22.0 Å². The molecule has 3 aromatic rings. The molecule has 0 aliphatic rings. The van der Waals surface area contributed by atoms with E-state index in [1.54, 1.807) is 18.2 Å². The Labute approximate surface area is 192 Å². The van der Waals surface area contributed by atoms with Gasteiger partial charge in [-0.2, -0.15) is 4.31 Å². The van der Waals surface area contributed by atoms with Crippen molar-refractivity contribution in [1.82, 2.24) is 4.31 Å². The van der Waals surface area contributed by atoms with E-state index < -0.39 is 28.3 Å². The topological polar surface area (TPSA) is 66.5 Å². The van der Waals surface area contributed by atoms with Crippen molar-refractivity contribution in [3.8, 4) is 0 Å². The zero-order valence-electron chi connectivity index (χ0n) is 18.0. The molecule has 32 heavy (non-hydrogen) atoms. The van der Waals surface area contributed by atoms with Gasteiger partial charge in [0.1, 0.15) is 5.82 Å². The molecular formula is C24H24ClFN2O3S. The van der Waals surface area contributed by atoms with Gasteiger partial charge < -0.3 is 5.32 Å². The standard InChI is InChI=1S/C24H24ClFN2O3S/c1-16-7-10-19(11-8-16)32(30,31)28(14-20-21(25)5-4-6-22(20)26)15-24(29)27-23-12-9-17(2)13-18(23)3/h4-13H,14-15H2,1-3H3,(H,27,29). The summed E-state index contributed by atoms with van der Waals surface area (Å²) in [5.41, 5.74) is 3.36. The first kappa shape index (κ1) is 23.9. The Morgan fingerprint density at radius 2 is 1.66 bits per heavy atom. The molecule has 0 aliphatic carbocycles. The van der Waals surface area contributed by atoms with Crippen LogP contribution in [0.25, 0.3) is 0 Å². The number of aryl methyl sites for hydroxylation is 3. The van der Waals surface area contributed by atoms with Gasteiger partial charge in [0, 0.05) is 22.8 Å². The second-order valence-corrected chi connectivity index (χ2v) is 10.00. The number of benzene rings is 3. The van der Waals surface area contributed by atoms with Crippen LogP contribution in [0.15, 0.2) is 65.6 Å². The molecule has 0 aliphatic heterocycles. The maximum absolute atomic E-state index is 14.4. The molecule has 1 amide bonds. The maximum atomic E-state index is 14.4. The molecule has 168 valence electrons. The van der Waals surface area contributed by atoms with Crippen LogP contribution in [0, 0.1) is 26.6 Å². The van der Waals surface area contributed by atoms with Crippen LogP contribution in [0.4, 0.5) is 10.1 Å². The minimum atomic E-state index is -4.11. The molecule has 0 aromatic heterocycles. The second kappa shape index (κ2) is 9.81. The minimum absolute atomic E-state index is 0.00386. The average Bonchev–Trinajstić information content (AvgIpc) is 2.72. The van der Waals surface area contributed by atoms with Crippen LogP contribution in [0.2, 0.25) is 5.02 Å². The second-order valence-electron chi connectivity index (χ2n) is 7.65. The first-order chi connectivity index (χ1) is 15.1. The molecule has 0 saturated carbocycles. The van der Waals surface area contributed by atoms with Crippen LogP contribution in [0.1, 0.15) is 22.3 Å². The van der Waals surface area contributed by atoms with Gasteiger partial charge in [-0.05, 0) is 56.7 Å². The van der Waals surface area contributed by atoms with Crippen LogP contribution < -0.4 is 5.32 Å². The molecule has 0 bridgehead atoms. The molecule has 0 unspecified atom stereocenters. The van der Waals surface area contributed by atoms with Crippen molar-refractivity contribution < 1.29 is 17.6 Å². The van der Waals surface area contributed by atoms with Gasteiger partial charge in [0.2, 0.25) is 15.9 Å². The smallest absolute Gasteiger partial charge is 0.243 e. The number of sulfonamides is 1. The summed E-state index contributed by atoms with van der Waals surface area (Å²) < 4.78 is 42.1. The third-order valence-corrected chi connectivity index (χ3v) is 7.19. The lowest BCUT2D eigenvalue weighted by molar-refractivity contribution is -0.116. The Kier molecular flexibility index (Phi) is 7.33. The SMILES string of the molecule is Cc1ccc(S(=O)(=O)N(CC(=O)Nc2ccc(C)cc2C)Cc2c(F)cccc2Cl)cc1. The number of halogens is 2. The highest BCUT2D eigenvalue weighted by molar-refractivity contribution is 7.89. The molecule has 5 nitrogen and oxygen atoms in total. The van der Waals surface area contributed by atoms with Gasteiger partial charge in [0.05, 0.1) is 11.4 Å². The van der Waals surface area contributed by atoms with E-state index in [0.717, 1.165) is 21.0 Å². The Morgan fingerprint density at radius 3 is 2.28 bits per heavy atom. The molecule has 0 radical (unpaired) electrons. The van der Waals surface area contributed by atoms with Crippen molar-refractivity contribution in [3.05, 3.63) is 93.8 Å². The van der Waals surface area contributed by atoms with Gasteiger partial charge in [-0.3, -0.25) is 4.79 Å². The van der Waals surface area contributed by atoms with Crippen molar-refractivity contribution in [2.45, 2.75) is 32.2 Å². The summed E-state index contributed by atoms with van der Waals surface area (Å²) in [5.74, 6) is -1.18. The van der Waals surface area contributed by atoms with Crippen LogP contribution in [-0.4, -0.2) is 25.2 Å². The molecule has 1 N–H and O–H groups in total. The highest BCUT2D eigenvalue weighted by Gasteiger charge is 2.28. The zero-order valence-corrected chi connectivity index (χ0v) is 19.6. The van der Waals surface area contributed by atoms with Crippen molar-refractivity contribution in [2.24, 2.45) is 0 Å². The van der Waals surface area contributed by atoms with Gasteiger partial charge in [-0.1, -0.05) is 53.1 Å². The van der Waals surface area contributed by atoms with E-state index in [9.17, 15) is 17.6 Å². The highest BCUT2D eigenvalue weighted by Crippen LogP contribution is 2.25. The number of amides is 1. The number of carbonyl (C=O) groups excluding carboxylic acids is 1. The third-order valence-electron chi connectivity index (χ3n) is 5.03. The van der Waals surface area contributed by atoms with E-state index in [0.29, 0.717) is 5.69 Å². The molecule has 3 rings (SSSR count). The van der Waals surface area contributed by atoms with Crippen LogP contribution in [0.3, 0.4) is 0 Å². The number of nitrogens with one attached hydrogen (secondary N) is 1. The molecule has 0 fully saturated rings. The predicted octanol–water partition coefficient (Wildman–Crippen LogP) is 5.23. The number of hydrogen-bond donors (Lipinski definition) is 1. The molecule has 0 saturated heterocycles. The Morgan fingerprint density at radius 1 is 1.00 bits per heavy atom. The van der Waals surface area contributed by atoms with Gasteiger partial charge in [-0.15, -0.1) is 0 Å². The van der Waals surface area contributed by atoms with Crippen molar-refractivity contribution in [3.63, 3.8) is 0 Å². The lowest BCUT2D eigenvalue weighted by atomic mass is 10.1. The Bertz CT molecular complexity index is 1220. The van der Waals surface area contributed by atoms with Crippen molar-refractivity contribution >= 4 is 33.2 Å². The van der Waals surface area contributed by atoms with Crippen LogP contribution in [0.5, 0.6) is 0 Å². The van der Waals surface area contributed by atoms with Gasteiger partial charge in [0.25, 0.3) is 0 Å². The van der Waals surface area contributed by atoms with E-state index in [2.05, 4.69) is 5.32 Å². The summed E-state index contributed by atoms with van der Waals surface area (Å²) in [6.07, 6.45) is 0. The molecule has 0 spiro atoms. The van der Waals surface area contributed by atoms with E-state index in [1.807, 2.05) is 32.9 Å². The van der Waals surface area contributed by atoms with E-state index in [4.69, 9.17) is 11.6 Å². The highest BCUT2D eigenvalue weighted by atomic mass is 35.5. The van der Waals surface area contributed by atoms with Crippen molar-refractivity contribution in [2.75, 3.05) is 11.9 Å². The van der Waals surface area contributed by atoms with Crippen LogP contribution >= 0.6 is 11.6 Å². The van der Waals surface area contributed by atoms with E-state index in [1.165, 1.54) is 30.3 Å². The minimum Gasteiger partial charge on any atom is -0.325 e. The zero-order chi connectivity index (χ0) is 23.5. The fourth-order valence-corrected chi connectivity index (χ4v) is 4.84. The fraction of sp³-hybridized carbons (Fsp3) is 0.208. The number of anilines is 1. The van der Waals surface area contributed by atoms with Gasteiger partial charge in [-0.25, -0.2) is 12.8 Å². The predicted molar refractivity (Wildman–Crippen MR) is 125 cm³/mol. The first-order valence-corrected chi connectivity index (χ1v) is 11.8. The fourth-order valence-electron chi connectivity index (χ4n) is 3.25. The largest absolute Gasteiger partial charge is 0.325 e. The average molecular weight is 475 g/mol. The monoisotopic (exact) mass is 474 g/mol. The molecule has 0 heterocycles. The maximum Gasteiger partial charge on any atom is 0.243 e.